The molecule has 2 rings (SSSR count). The number of H-pyrrole nitrogens is 1. The highest BCUT2D eigenvalue weighted by Crippen LogP contribution is 2.36. The third kappa shape index (κ3) is 4.75. The fraction of sp³-hybridized carbons (Fsp3) is 0.556. The van der Waals surface area contributed by atoms with Crippen molar-refractivity contribution in [1.82, 2.24) is 14.5 Å². The molecule has 0 radical (unpaired) electrons. The van der Waals surface area contributed by atoms with Crippen molar-refractivity contribution >= 4 is 23.8 Å². The number of rotatable bonds is 5. The molecule has 0 saturated carbocycles. The molecule has 4 atom stereocenters. The second-order valence-corrected chi connectivity index (χ2v) is 6.84. The molecule has 2 heterocycles. The number of ether oxygens (including phenoxy) is 3. The quantitative estimate of drug-likeness (QED) is 0.462. The zero-order valence-electron chi connectivity index (χ0n) is 17.2. The van der Waals surface area contributed by atoms with E-state index in [0.29, 0.717) is 0 Å². The van der Waals surface area contributed by atoms with Gasteiger partial charge in [0.2, 0.25) is 5.91 Å². The summed E-state index contributed by atoms with van der Waals surface area (Å²) < 4.78 is 16.7. The number of nitrogens with one attached hydrogen (secondary N) is 1. The molecular formula is C18H23N3O9. The van der Waals surface area contributed by atoms with Gasteiger partial charge in [-0.3, -0.25) is 33.5 Å². The smallest absolute Gasteiger partial charge is 0.330 e. The van der Waals surface area contributed by atoms with Gasteiger partial charge in [0.25, 0.3) is 5.56 Å². The molecule has 0 aromatic carbocycles. The molecule has 30 heavy (non-hydrogen) atoms. The maximum atomic E-state index is 12.5. The van der Waals surface area contributed by atoms with Crippen LogP contribution in [0.3, 0.4) is 0 Å². The van der Waals surface area contributed by atoms with Crippen molar-refractivity contribution in [3.63, 3.8) is 0 Å². The molecule has 0 aliphatic carbocycles. The van der Waals surface area contributed by atoms with Gasteiger partial charge in [-0.1, -0.05) is 0 Å². The number of hydrogen-bond donors (Lipinski definition) is 1. The minimum Gasteiger partial charge on any atom is -0.464 e. The molecule has 1 amide bonds. The Hall–Kier alpha value is -3.44. The van der Waals surface area contributed by atoms with Crippen LogP contribution < -0.4 is 11.2 Å². The van der Waals surface area contributed by atoms with E-state index in [1.54, 1.807) is 0 Å². The number of likely N-dealkylation sites (tertiary alicyclic amines) is 1. The van der Waals surface area contributed by atoms with Gasteiger partial charge < -0.3 is 19.1 Å². The van der Waals surface area contributed by atoms with Crippen molar-refractivity contribution < 1.29 is 33.4 Å². The third-order valence-electron chi connectivity index (χ3n) is 4.50. The van der Waals surface area contributed by atoms with Crippen molar-refractivity contribution in [1.29, 1.82) is 0 Å². The summed E-state index contributed by atoms with van der Waals surface area (Å²) >= 11 is 0. The largest absolute Gasteiger partial charge is 0.464 e. The van der Waals surface area contributed by atoms with Crippen LogP contribution in [0.5, 0.6) is 0 Å². The van der Waals surface area contributed by atoms with Crippen LogP contribution in [0.25, 0.3) is 0 Å². The topological polar surface area (TPSA) is 154 Å². The van der Waals surface area contributed by atoms with E-state index < -0.39 is 59.5 Å². The maximum absolute atomic E-state index is 12.5. The Labute approximate surface area is 170 Å². The monoisotopic (exact) mass is 425 g/mol. The van der Waals surface area contributed by atoms with E-state index in [0.717, 1.165) is 30.2 Å². The van der Waals surface area contributed by atoms with E-state index in [9.17, 15) is 28.8 Å². The van der Waals surface area contributed by atoms with Crippen LogP contribution >= 0.6 is 0 Å². The molecule has 1 fully saturated rings. The van der Waals surface area contributed by atoms with Gasteiger partial charge in [0.05, 0.1) is 0 Å². The molecule has 1 aliphatic rings. The average Bonchev–Trinajstić information content (AvgIpc) is 2.88. The lowest BCUT2D eigenvalue weighted by Gasteiger charge is -2.30. The van der Waals surface area contributed by atoms with Gasteiger partial charge in [-0.15, -0.1) is 0 Å². The lowest BCUT2D eigenvalue weighted by Crippen LogP contribution is -2.47. The minimum atomic E-state index is -1.31. The van der Waals surface area contributed by atoms with Crippen molar-refractivity contribution in [3.8, 4) is 0 Å². The molecule has 0 spiro atoms. The highest BCUT2D eigenvalue weighted by atomic mass is 16.6. The molecule has 1 saturated heterocycles. The molecule has 1 aromatic rings. The van der Waals surface area contributed by atoms with E-state index in [4.69, 9.17) is 14.2 Å². The van der Waals surface area contributed by atoms with Gasteiger partial charge in [-0.2, -0.15) is 0 Å². The molecular weight excluding hydrogens is 402 g/mol. The predicted molar refractivity (Wildman–Crippen MR) is 99.1 cm³/mol. The number of hydrogen-bond acceptors (Lipinski definition) is 9. The molecule has 0 bridgehead atoms. The van der Waals surface area contributed by atoms with Gasteiger partial charge in [-0.25, -0.2) is 4.79 Å². The van der Waals surface area contributed by atoms with E-state index in [-0.39, 0.29) is 12.2 Å². The van der Waals surface area contributed by atoms with Crippen molar-refractivity contribution in [2.24, 2.45) is 0 Å². The van der Waals surface area contributed by atoms with Crippen molar-refractivity contribution in [2.45, 2.75) is 59.0 Å². The number of nitrogens with zero attached hydrogens (tertiary/aromatic N) is 2. The third-order valence-corrected chi connectivity index (χ3v) is 4.50. The fourth-order valence-corrected chi connectivity index (χ4v) is 3.43. The number of aromatic nitrogens is 2. The van der Waals surface area contributed by atoms with Gasteiger partial charge in [-0.05, 0) is 6.92 Å². The molecule has 0 unspecified atom stereocenters. The van der Waals surface area contributed by atoms with E-state index >= 15 is 0 Å². The van der Waals surface area contributed by atoms with Crippen molar-refractivity contribution in [2.75, 3.05) is 6.61 Å². The summed E-state index contributed by atoms with van der Waals surface area (Å²) in [5, 5.41) is 0. The highest BCUT2D eigenvalue weighted by Gasteiger charge is 2.55. The summed E-state index contributed by atoms with van der Waals surface area (Å²) in [4.78, 5) is 74.9. The second kappa shape index (κ2) is 8.93. The maximum Gasteiger partial charge on any atom is 0.330 e. The van der Waals surface area contributed by atoms with Gasteiger partial charge in [0.1, 0.15) is 12.6 Å². The van der Waals surface area contributed by atoms with Gasteiger partial charge in [0.15, 0.2) is 18.4 Å². The zero-order valence-corrected chi connectivity index (χ0v) is 17.2. The van der Waals surface area contributed by atoms with E-state index in [2.05, 4.69) is 4.98 Å². The van der Waals surface area contributed by atoms with Crippen LogP contribution in [-0.4, -0.2) is 63.1 Å². The van der Waals surface area contributed by atoms with Crippen LogP contribution in [0, 0.1) is 6.92 Å². The fourth-order valence-electron chi connectivity index (χ4n) is 3.43. The first-order valence-electron chi connectivity index (χ1n) is 9.02. The highest BCUT2D eigenvalue weighted by molar-refractivity contribution is 5.75. The normalized spacial score (nSPS) is 23.0. The summed E-state index contributed by atoms with van der Waals surface area (Å²) in [6, 6.07) is -1.05. The van der Waals surface area contributed by atoms with Crippen LogP contribution in [-0.2, 0) is 33.4 Å². The Morgan fingerprint density at radius 3 is 2.03 bits per heavy atom. The van der Waals surface area contributed by atoms with Gasteiger partial charge in [0, 0.05) is 39.5 Å². The zero-order chi connectivity index (χ0) is 22.7. The van der Waals surface area contributed by atoms with Crippen LogP contribution in [0.15, 0.2) is 15.8 Å². The average molecular weight is 425 g/mol. The number of amides is 1. The van der Waals surface area contributed by atoms with Gasteiger partial charge >= 0.3 is 23.6 Å². The first-order valence-corrected chi connectivity index (χ1v) is 9.02. The van der Waals surface area contributed by atoms with E-state index in [1.807, 2.05) is 0 Å². The SMILES string of the molecule is CC(=O)OC[C@H]1[C@H](OC(C)=O)[C@H](OC(C)=O)[C@H](n2cc(C)c(=O)[nH]c2=O)N1C(C)=O. The number of carbonyl (C=O) groups excluding carboxylic acids is 4. The van der Waals surface area contributed by atoms with Crippen molar-refractivity contribution in [3.05, 3.63) is 32.6 Å². The molecule has 1 N–H and O–H groups in total. The predicted octanol–water partition coefficient (Wildman–Crippen LogP) is -0.999. The molecule has 164 valence electrons. The summed E-state index contributed by atoms with van der Waals surface area (Å²) in [5.41, 5.74) is -1.33. The second-order valence-electron chi connectivity index (χ2n) is 6.84. The molecule has 12 heteroatoms. The summed E-state index contributed by atoms with van der Waals surface area (Å²) in [6.45, 7) is 5.65. The number of aromatic amines is 1. The minimum absolute atomic E-state index is 0.159. The Morgan fingerprint density at radius 2 is 1.53 bits per heavy atom. The summed E-state index contributed by atoms with van der Waals surface area (Å²) in [6.07, 6.45) is -2.60. The van der Waals surface area contributed by atoms with E-state index in [1.165, 1.54) is 20.0 Å². The Bertz CT molecular complexity index is 980. The molecule has 12 nitrogen and oxygen atoms in total. The number of esters is 3. The standard InChI is InChI=1S/C18H23N3O9/c1-8-6-20(18(27)19-16(8)26)17-15(30-12(5)25)14(29-11(4)24)13(7-28-10(3)23)21(17)9(2)22/h6,13-15,17H,7H2,1-5H3,(H,19,26,27)/t13-,14-,15-,17+/m0/s1. The lowest BCUT2D eigenvalue weighted by molar-refractivity contribution is -0.166. The number of carbonyl (C=O) groups is 4. The van der Waals surface area contributed by atoms with Crippen LogP contribution in [0.1, 0.15) is 39.4 Å². The Kier molecular flexibility index (Phi) is 6.80. The lowest BCUT2D eigenvalue weighted by atomic mass is 10.1. The first kappa shape index (κ1) is 22.8. The van der Waals surface area contributed by atoms with Crippen LogP contribution in [0.2, 0.25) is 0 Å². The Balaban J connectivity index is 2.71. The summed E-state index contributed by atoms with van der Waals surface area (Å²) in [7, 11) is 0. The summed E-state index contributed by atoms with van der Waals surface area (Å²) in [5.74, 6) is -2.71. The number of aryl methyl sites for hydroxylation is 1. The molecule has 1 aromatic heterocycles. The Morgan fingerprint density at radius 1 is 0.967 bits per heavy atom. The van der Waals surface area contributed by atoms with Crippen LogP contribution in [0.4, 0.5) is 0 Å². The first-order chi connectivity index (χ1) is 13.9. The molecule has 1 aliphatic heterocycles.